The molecule has 0 radical (unpaired) electrons. The van der Waals surface area contributed by atoms with Crippen molar-refractivity contribution >= 4 is 39.1 Å². The summed E-state index contributed by atoms with van der Waals surface area (Å²) in [7, 11) is 0. The van der Waals surface area contributed by atoms with Crippen molar-refractivity contribution in [3.63, 3.8) is 0 Å². The molecule has 3 nitrogen and oxygen atoms in total. The Bertz CT molecular complexity index is 2370. The molecule has 0 saturated heterocycles. The van der Waals surface area contributed by atoms with Crippen LogP contribution in [0.1, 0.15) is 48.6 Å². The van der Waals surface area contributed by atoms with Gasteiger partial charge >= 0.3 is 0 Å². The summed E-state index contributed by atoms with van der Waals surface area (Å²) >= 11 is 0. The molecule has 1 aromatic heterocycles. The van der Waals surface area contributed by atoms with Gasteiger partial charge < -0.3 is 4.57 Å². The lowest BCUT2D eigenvalue weighted by Crippen LogP contribution is -2.15. The largest absolute Gasteiger partial charge is 0.309 e. The molecule has 0 amide bonds. The molecule has 3 heteroatoms. The number of para-hydroxylation sites is 1. The van der Waals surface area contributed by atoms with E-state index < -0.39 is 0 Å². The van der Waals surface area contributed by atoms with Crippen LogP contribution in [0, 0.1) is 0 Å². The Hall–Kier alpha value is -5.80. The molecule has 1 aliphatic carbocycles. The number of hydrogen-bond donors (Lipinski definition) is 0. The lowest BCUT2D eigenvalue weighted by Gasteiger charge is -2.22. The molecule has 8 rings (SSSR count). The van der Waals surface area contributed by atoms with Crippen molar-refractivity contribution < 1.29 is 0 Å². The van der Waals surface area contributed by atoms with Gasteiger partial charge in [-0.3, -0.25) is 0 Å². The van der Waals surface area contributed by atoms with Crippen molar-refractivity contribution in [1.29, 1.82) is 0 Å². The summed E-state index contributed by atoms with van der Waals surface area (Å²) in [5, 5.41) is 2.61. The molecule has 7 aromatic rings. The van der Waals surface area contributed by atoms with Crippen LogP contribution in [0.3, 0.4) is 0 Å². The molecule has 0 spiro atoms. The minimum atomic E-state index is -0.0994. The Morgan fingerprint density at radius 1 is 0.574 bits per heavy atom. The summed E-state index contributed by atoms with van der Waals surface area (Å²) in [5.74, 6) is 0.640. The van der Waals surface area contributed by atoms with E-state index in [1.165, 1.54) is 44.1 Å². The number of benzene rings is 6. The summed E-state index contributed by atoms with van der Waals surface area (Å²) in [6, 6.07) is 51.1. The molecule has 0 saturated carbocycles. The first-order valence-electron chi connectivity index (χ1n) is 16.1. The molecular weight excluding hydrogens is 571 g/mol. The fourth-order valence-corrected chi connectivity index (χ4v) is 7.25. The third-order valence-electron chi connectivity index (χ3n) is 9.55. The Labute approximate surface area is 275 Å². The highest BCUT2D eigenvalue weighted by atomic mass is 15.0. The number of fused-ring (bicyclic) bond motifs is 7. The summed E-state index contributed by atoms with van der Waals surface area (Å²) < 4.78 is 2.39. The maximum atomic E-state index is 4.98. The summed E-state index contributed by atoms with van der Waals surface area (Å²) in [6.45, 7) is 11.1. The van der Waals surface area contributed by atoms with E-state index in [1.54, 1.807) is 0 Å². The Morgan fingerprint density at radius 2 is 1.21 bits per heavy atom. The first-order valence-corrected chi connectivity index (χ1v) is 16.1. The van der Waals surface area contributed by atoms with Gasteiger partial charge in [-0.2, -0.15) is 0 Å². The van der Waals surface area contributed by atoms with E-state index >= 15 is 0 Å². The van der Waals surface area contributed by atoms with E-state index in [1.807, 2.05) is 55.5 Å². The maximum absolute atomic E-state index is 4.98. The van der Waals surface area contributed by atoms with E-state index in [4.69, 9.17) is 9.98 Å². The van der Waals surface area contributed by atoms with Crippen molar-refractivity contribution in [2.45, 2.75) is 26.2 Å². The highest BCUT2D eigenvalue weighted by molar-refractivity contribution is 6.15. The zero-order valence-corrected chi connectivity index (χ0v) is 26.9. The molecule has 0 atom stereocenters. The summed E-state index contributed by atoms with van der Waals surface area (Å²) in [4.78, 5) is 9.94. The summed E-state index contributed by atoms with van der Waals surface area (Å²) in [6.07, 6.45) is 0. The summed E-state index contributed by atoms with van der Waals surface area (Å²) in [5.41, 5.74) is 13.4. The second-order valence-electron chi connectivity index (χ2n) is 12.8. The molecule has 1 aliphatic rings. The number of hydrogen-bond acceptors (Lipinski definition) is 1. The van der Waals surface area contributed by atoms with Crippen LogP contribution in [0.25, 0.3) is 44.3 Å². The molecule has 0 N–H and O–H groups in total. The van der Waals surface area contributed by atoms with Crippen LogP contribution in [0.15, 0.2) is 162 Å². The molecule has 0 bridgehead atoms. The van der Waals surface area contributed by atoms with Crippen molar-refractivity contribution in [2.24, 2.45) is 9.98 Å². The van der Waals surface area contributed by atoms with Gasteiger partial charge in [0.1, 0.15) is 0 Å². The van der Waals surface area contributed by atoms with E-state index in [0.717, 1.165) is 28.1 Å². The van der Waals surface area contributed by atoms with Gasteiger partial charge in [0, 0.05) is 33.1 Å². The van der Waals surface area contributed by atoms with E-state index in [-0.39, 0.29) is 5.41 Å². The Kier molecular flexibility index (Phi) is 6.84. The van der Waals surface area contributed by atoms with Gasteiger partial charge in [-0.15, -0.1) is 0 Å². The molecule has 1 heterocycles. The van der Waals surface area contributed by atoms with Gasteiger partial charge in [0.15, 0.2) is 5.84 Å². The van der Waals surface area contributed by atoms with Crippen LogP contribution in [0.2, 0.25) is 0 Å². The molecule has 0 fully saturated rings. The van der Waals surface area contributed by atoms with Crippen molar-refractivity contribution in [1.82, 2.24) is 4.57 Å². The second-order valence-corrected chi connectivity index (χ2v) is 12.8. The molecule has 6 aromatic carbocycles. The standard InChI is InChI=1S/C44H35N3/c1-29(31-15-7-5-8-16-31)45-43(33-17-9-6-10-18-33)46-30(2)32-23-25-34(26-24-32)47-39-22-14-12-20-37(39)41-40(47)28-27-36-35-19-11-13-21-38(35)44(3,4)42(36)41/h5-28H,2H2,1,3-4H3. The number of aliphatic imine (C=N–C) groups is 2. The highest BCUT2D eigenvalue weighted by Crippen LogP contribution is 2.53. The van der Waals surface area contributed by atoms with Crippen LogP contribution in [-0.4, -0.2) is 16.1 Å². The van der Waals surface area contributed by atoms with Gasteiger partial charge in [0.25, 0.3) is 0 Å². The van der Waals surface area contributed by atoms with Crippen LogP contribution in [0.4, 0.5) is 0 Å². The van der Waals surface area contributed by atoms with Gasteiger partial charge in [0.2, 0.25) is 0 Å². The van der Waals surface area contributed by atoms with E-state index in [9.17, 15) is 0 Å². The predicted octanol–water partition coefficient (Wildman–Crippen LogP) is 11.0. The fraction of sp³-hybridized carbons (Fsp3) is 0.0909. The Morgan fingerprint density at radius 3 is 1.96 bits per heavy atom. The first-order chi connectivity index (χ1) is 22.9. The first kappa shape index (κ1) is 28.7. The zero-order chi connectivity index (χ0) is 32.1. The smallest absolute Gasteiger partial charge is 0.160 e. The van der Waals surface area contributed by atoms with Gasteiger partial charge in [0.05, 0.1) is 16.7 Å². The third kappa shape index (κ3) is 4.74. The topological polar surface area (TPSA) is 29.6 Å². The fourth-order valence-electron chi connectivity index (χ4n) is 7.25. The highest BCUT2D eigenvalue weighted by Gasteiger charge is 2.37. The Balaban J connectivity index is 1.21. The molecule has 0 aliphatic heterocycles. The second kappa shape index (κ2) is 11.2. The number of rotatable bonds is 5. The minimum Gasteiger partial charge on any atom is -0.309 e. The molecule has 226 valence electrons. The molecular formula is C44H35N3. The van der Waals surface area contributed by atoms with Gasteiger partial charge in [-0.25, -0.2) is 9.98 Å². The monoisotopic (exact) mass is 605 g/mol. The lowest BCUT2D eigenvalue weighted by molar-refractivity contribution is 0.666. The van der Waals surface area contributed by atoms with E-state index in [0.29, 0.717) is 11.5 Å². The number of aromatic nitrogens is 1. The van der Waals surface area contributed by atoms with Crippen LogP contribution >= 0.6 is 0 Å². The average molecular weight is 606 g/mol. The predicted molar refractivity (Wildman–Crippen MR) is 199 cm³/mol. The zero-order valence-electron chi connectivity index (χ0n) is 26.9. The van der Waals surface area contributed by atoms with Gasteiger partial charge in [-0.05, 0) is 64.6 Å². The van der Waals surface area contributed by atoms with Crippen molar-refractivity contribution in [3.05, 3.63) is 180 Å². The van der Waals surface area contributed by atoms with Crippen molar-refractivity contribution in [3.8, 4) is 16.8 Å². The van der Waals surface area contributed by atoms with Crippen LogP contribution in [-0.2, 0) is 5.41 Å². The quantitative estimate of drug-likeness (QED) is 0.138. The average Bonchev–Trinajstić information content (AvgIpc) is 3.57. The van der Waals surface area contributed by atoms with Crippen LogP contribution < -0.4 is 0 Å². The maximum Gasteiger partial charge on any atom is 0.160 e. The lowest BCUT2D eigenvalue weighted by atomic mass is 9.80. The number of nitrogens with zero attached hydrogens (tertiary/aromatic N) is 3. The van der Waals surface area contributed by atoms with Gasteiger partial charge in [-0.1, -0.05) is 142 Å². The molecule has 47 heavy (non-hydrogen) atoms. The molecule has 0 unspecified atom stereocenters. The third-order valence-corrected chi connectivity index (χ3v) is 9.55. The number of amidine groups is 1. The van der Waals surface area contributed by atoms with Crippen molar-refractivity contribution in [2.75, 3.05) is 0 Å². The minimum absolute atomic E-state index is 0.0994. The normalized spacial score (nSPS) is 13.9. The van der Waals surface area contributed by atoms with E-state index in [2.05, 4.69) is 122 Å². The van der Waals surface area contributed by atoms with Crippen LogP contribution in [0.5, 0.6) is 0 Å². The SMILES string of the molecule is C=C(N=C(N=C(C)c1ccccc1)c1ccccc1)c1ccc(-n2c3ccccc3c3c4c(ccc32)-c2ccccc2C4(C)C)cc1.